The van der Waals surface area contributed by atoms with E-state index >= 15 is 0 Å². The maximum absolute atomic E-state index is 13.2. The van der Waals surface area contributed by atoms with Crippen molar-refractivity contribution >= 4 is 17.5 Å². The van der Waals surface area contributed by atoms with Crippen LogP contribution >= 0.6 is 0 Å². The number of hydrogen-bond donors (Lipinski definition) is 0. The Kier molecular flexibility index (Phi) is 9.01. The molecule has 3 aliphatic rings. The van der Waals surface area contributed by atoms with Crippen molar-refractivity contribution in [3.8, 4) is 0 Å². The van der Waals surface area contributed by atoms with Crippen LogP contribution in [0.1, 0.15) is 76.7 Å². The molecular weight excluding hydrogens is 426 g/mol. The Hall–Kier alpha value is -1.92. The molecule has 0 N–H and O–H groups in total. The number of fused-ring (bicyclic) bond motifs is 3. The molecule has 2 bridgehead atoms. The molecule has 2 unspecified atom stereocenters. The fourth-order valence-electron chi connectivity index (χ4n) is 6.47. The van der Waals surface area contributed by atoms with E-state index in [-0.39, 0.29) is 30.5 Å². The van der Waals surface area contributed by atoms with E-state index in [1.54, 1.807) is 7.11 Å². The van der Waals surface area contributed by atoms with Gasteiger partial charge >= 0.3 is 0 Å². The van der Waals surface area contributed by atoms with Crippen LogP contribution in [0.4, 0.5) is 5.69 Å². The summed E-state index contributed by atoms with van der Waals surface area (Å²) in [5.41, 5.74) is 2.28. The lowest BCUT2D eigenvalue weighted by molar-refractivity contribution is -0.143. The number of methoxy groups -OCH3 is 1. The van der Waals surface area contributed by atoms with Gasteiger partial charge in [-0.3, -0.25) is 14.5 Å². The molecule has 188 valence electrons. The largest absolute Gasteiger partial charge is 0.375 e. The number of benzene rings is 1. The lowest BCUT2D eigenvalue weighted by Gasteiger charge is -2.44. The summed E-state index contributed by atoms with van der Waals surface area (Å²) in [6.45, 7) is 5.53. The van der Waals surface area contributed by atoms with Crippen molar-refractivity contribution in [2.45, 2.75) is 89.8 Å². The lowest BCUT2D eigenvalue weighted by atomic mass is 9.88. The third kappa shape index (κ3) is 6.01. The average molecular weight is 470 g/mol. The first-order valence-corrected chi connectivity index (χ1v) is 13.5. The van der Waals surface area contributed by atoms with E-state index < -0.39 is 0 Å². The fourth-order valence-corrected chi connectivity index (χ4v) is 6.47. The molecule has 2 atom stereocenters. The molecule has 1 aromatic carbocycles. The van der Waals surface area contributed by atoms with Crippen LogP contribution in [-0.4, -0.2) is 67.0 Å². The first-order valence-electron chi connectivity index (χ1n) is 13.5. The molecule has 1 aliphatic carbocycles. The van der Waals surface area contributed by atoms with Crippen molar-refractivity contribution in [3.63, 3.8) is 0 Å². The summed E-state index contributed by atoms with van der Waals surface area (Å²) in [5, 5.41) is 0. The molecule has 0 spiro atoms. The Morgan fingerprint density at radius 1 is 0.941 bits per heavy atom. The molecule has 4 rings (SSSR count). The van der Waals surface area contributed by atoms with Gasteiger partial charge in [0.1, 0.15) is 6.61 Å². The van der Waals surface area contributed by atoms with E-state index in [0.717, 1.165) is 56.9 Å². The summed E-state index contributed by atoms with van der Waals surface area (Å²) >= 11 is 0. The van der Waals surface area contributed by atoms with Crippen LogP contribution in [0.25, 0.3) is 0 Å². The summed E-state index contributed by atoms with van der Waals surface area (Å²) in [5.74, 6) is 0.981. The topological polar surface area (TPSA) is 53.1 Å². The van der Waals surface area contributed by atoms with Crippen LogP contribution in [0.15, 0.2) is 24.3 Å². The normalized spacial score (nSPS) is 24.9. The molecule has 6 nitrogen and oxygen atoms in total. The third-order valence-electron chi connectivity index (χ3n) is 8.09. The molecule has 34 heavy (non-hydrogen) atoms. The summed E-state index contributed by atoms with van der Waals surface area (Å²) in [4.78, 5) is 33.1. The van der Waals surface area contributed by atoms with Gasteiger partial charge in [-0.1, -0.05) is 44.4 Å². The first kappa shape index (κ1) is 25.2. The molecule has 2 heterocycles. The zero-order valence-electron chi connectivity index (χ0n) is 21.2. The van der Waals surface area contributed by atoms with Crippen molar-refractivity contribution in [1.29, 1.82) is 0 Å². The van der Waals surface area contributed by atoms with E-state index in [0.29, 0.717) is 13.0 Å². The van der Waals surface area contributed by atoms with Crippen molar-refractivity contribution < 1.29 is 14.3 Å². The highest BCUT2D eigenvalue weighted by atomic mass is 16.5. The smallest absolute Gasteiger partial charge is 0.249 e. The SMILES string of the molecule is CCC(=O)N1CCC2CCCC(CN(CC3CCCCC3)Cc3ccccc31)N2C(=O)COC. The maximum atomic E-state index is 13.2. The Morgan fingerprint density at radius 3 is 2.47 bits per heavy atom. The Labute approximate surface area is 205 Å². The van der Waals surface area contributed by atoms with E-state index in [2.05, 4.69) is 28.0 Å². The second kappa shape index (κ2) is 12.2. The van der Waals surface area contributed by atoms with Crippen molar-refractivity contribution in [2.75, 3.05) is 38.3 Å². The van der Waals surface area contributed by atoms with E-state index in [1.165, 1.54) is 37.7 Å². The van der Waals surface area contributed by atoms with Crippen LogP contribution in [0.5, 0.6) is 0 Å². The van der Waals surface area contributed by atoms with Crippen LogP contribution in [-0.2, 0) is 20.9 Å². The molecule has 1 aromatic rings. The predicted molar refractivity (Wildman–Crippen MR) is 136 cm³/mol. The molecule has 2 amide bonds. The lowest BCUT2D eigenvalue weighted by Crippen LogP contribution is -2.55. The highest BCUT2D eigenvalue weighted by Crippen LogP contribution is 2.32. The van der Waals surface area contributed by atoms with Crippen LogP contribution in [0.3, 0.4) is 0 Å². The molecule has 2 fully saturated rings. The number of amides is 2. The second-order valence-electron chi connectivity index (χ2n) is 10.5. The number of para-hydroxylation sites is 1. The third-order valence-corrected chi connectivity index (χ3v) is 8.09. The minimum Gasteiger partial charge on any atom is -0.375 e. The van der Waals surface area contributed by atoms with Gasteiger partial charge in [-0.05, 0) is 56.1 Å². The fraction of sp³-hybridized carbons (Fsp3) is 0.714. The van der Waals surface area contributed by atoms with Gasteiger partial charge in [0.05, 0.1) is 0 Å². The number of rotatable bonds is 5. The summed E-state index contributed by atoms with van der Waals surface area (Å²) in [7, 11) is 1.60. The quantitative estimate of drug-likeness (QED) is 0.632. The minimum atomic E-state index is 0.0972. The van der Waals surface area contributed by atoms with E-state index in [1.807, 2.05) is 17.9 Å². The number of carbonyl (C=O) groups excluding carboxylic acids is 2. The predicted octanol–water partition coefficient (Wildman–Crippen LogP) is 4.61. The molecular formula is C28H43N3O3. The van der Waals surface area contributed by atoms with Gasteiger partial charge in [0.2, 0.25) is 11.8 Å². The number of hydrogen-bond acceptors (Lipinski definition) is 4. The number of anilines is 1. The van der Waals surface area contributed by atoms with E-state index in [4.69, 9.17) is 4.74 Å². The summed E-state index contributed by atoms with van der Waals surface area (Å²) in [6, 6.07) is 8.82. The van der Waals surface area contributed by atoms with E-state index in [9.17, 15) is 9.59 Å². The highest BCUT2D eigenvalue weighted by molar-refractivity contribution is 5.94. The number of piperidine rings is 1. The molecule has 1 saturated carbocycles. The van der Waals surface area contributed by atoms with Gasteiger partial charge in [-0.2, -0.15) is 0 Å². The Bertz CT molecular complexity index is 823. The van der Waals surface area contributed by atoms with Gasteiger partial charge in [0, 0.05) is 57.5 Å². The molecule has 0 aromatic heterocycles. The van der Waals surface area contributed by atoms with Crippen molar-refractivity contribution in [2.24, 2.45) is 5.92 Å². The van der Waals surface area contributed by atoms with Gasteiger partial charge in [-0.15, -0.1) is 0 Å². The standard InChI is InChI=1S/C28H43N3O3/c1-3-27(32)30-17-16-24-13-9-14-25(31(24)28(33)21-34-2)20-29(18-22-10-5-4-6-11-22)19-23-12-7-8-15-26(23)30/h7-8,12,15,22,24-25H,3-6,9-11,13-14,16-21H2,1-2H3. The number of ether oxygens (including phenoxy) is 1. The average Bonchev–Trinajstić information content (AvgIpc) is 2.86. The minimum absolute atomic E-state index is 0.0972. The maximum Gasteiger partial charge on any atom is 0.249 e. The van der Waals surface area contributed by atoms with Crippen LogP contribution in [0, 0.1) is 5.92 Å². The molecule has 1 saturated heterocycles. The summed E-state index contributed by atoms with van der Waals surface area (Å²) in [6.07, 6.45) is 11.1. The first-order chi connectivity index (χ1) is 16.6. The van der Waals surface area contributed by atoms with Gasteiger partial charge in [0.25, 0.3) is 0 Å². The zero-order chi connectivity index (χ0) is 23.9. The second-order valence-corrected chi connectivity index (χ2v) is 10.5. The molecule has 0 radical (unpaired) electrons. The number of carbonyl (C=O) groups is 2. The van der Waals surface area contributed by atoms with Crippen molar-refractivity contribution in [3.05, 3.63) is 29.8 Å². The summed E-state index contributed by atoms with van der Waals surface area (Å²) < 4.78 is 5.28. The van der Waals surface area contributed by atoms with Crippen molar-refractivity contribution in [1.82, 2.24) is 9.80 Å². The Balaban J connectivity index is 1.69. The van der Waals surface area contributed by atoms with Gasteiger partial charge in [0.15, 0.2) is 0 Å². The Morgan fingerprint density at radius 2 is 1.71 bits per heavy atom. The van der Waals surface area contributed by atoms with Crippen LogP contribution < -0.4 is 4.90 Å². The molecule has 2 aliphatic heterocycles. The van der Waals surface area contributed by atoms with Gasteiger partial charge < -0.3 is 14.5 Å². The zero-order valence-corrected chi connectivity index (χ0v) is 21.2. The monoisotopic (exact) mass is 469 g/mol. The van der Waals surface area contributed by atoms with Crippen LogP contribution in [0.2, 0.25) is 0 Å². The highest BCUT2D eigenvalue weighted by Gasteiger charge is 2.36. The number of nitrogens with zero attached hydrogens (tertiary/aromatic N) is 3. The molecule has 6 heteroatoms. The van der Waals surface area contributed by atoms with Gasteiger partial charge in [-0.25, -0.2) is 0 Å².